The molecule has 2 aliphatic heterocycles. The first-order valence-electron chi connectivity index (χ1n) is 7.12. The molecule has 1 aromatic heterocycles. The number of carbonyl (C=O) groups is 2. The first kappa shape index (κ1) is 13.7. The molecule has 1 spiro atoms. The molecule has 2 aliphatic rings. The zero-order valence-corrected chi connectivity index (χ0v) is 12.0. The van der Waals surface area contributed by atoms with E-state index in [0.29, 0.717) is 36.5 Å². The third-order valence-corrected chi connectivity index (χ3v) is 4.11. The molecule has 7 nitrogen and oxygen atoms in total. The van der Waals surface area contributed by atoms with Gasteiger partial charge in [-0.3, -0.25) is 9.89 Å². The number of aromatic amines is 1. The zero-order valence-electron chi connectivity index (χ0n) is 12.0. The second-order valence-corrected chi connectivity index (χ2v) is 5.75. The smallest absolute Gasteiger partial charge is 0.408 e. The van der Waals surface area contributed by atoms with Crippen molar-refractivity contribution in [3.8, 4) is 11.3 Å². The van der Waals surface area contributed by atoms with Gasteiger partial charge in [0.2, 0.25) is 0 Å². The highest BCUT2D eigenvalue weighted by molar-refractivity contribution is 6.00. The van der Waals surface area contributed by atoms with E-state index < -0.39 is 11.7 Å². The molecule has 2 fully saturated rings. The average Bonchev–Trinajstić information content (AvgIpc) is 3.12. The molecule has 4 rings (SSSR count). The minimum Gasteiger partial charge on any atom is -0.437 e. The van der Waals surface area contributed by atoms with E-state index in [2.05, 4.69) is 15.5 Å². The summed E-state index contributed by atoms with van der Waals surface area (Å²) in [6.45, 7) is 1.10. The number of carbonyl (C=O) groups excluding carboxylic acids is 2. The number of likely N-dealkylation sites (tertiary alicyclic amines) is 1. The van der Waals surface area contributed by atoms with E-state index >= 15 is 0 Å². The van der Waals surface area contributed by atoms with E-state index in [1.165, 1.54) is 18.3 Å². The molecule has 0 saturated carbocycles. The van der Waals surface area contributed by atoms with Gasteiger partial charge < -0.3 is 15.0 Å². The Balaban J connectivity index is 1.53. The molecule has 2 aromatic rings. The summed E-state index contributed by atoms with van der Waals surface area (Å²) in [5.41, 5.74) is 1.02. The lowest BCUT2D eigenvalue weighted by molar-refractivity contribution is -0.0575. The van der Waals surface area contributed by atoms with Crippen molar-refractivity contribution in [2.75, 3.05) is 19.6 Å². The van der Waals surface area contributed by atoms with Crippen LogP contribution in [0, 0.1) is 5.82 Å². The molecule has 0 aliphatic carbocycles. The van der Waals surface area contributed by atoms with Crippen molar-refractivity contribution in [3.05, 3.63) is 41.8 Å². The van der Waals surface area contributed by atoms with Crippen LogP contribution in [0.3, 0.4) is 0 Å². The molecule has 0 radical (unpaired) electrons. The van der Waals surface area contributed by atoms with E-state index in [1.807, 2.05) is 0 Å². The van der Waals surface area contributed by atoms with Gasteiger partial charge in [-0.05, 0) is 24.3 Å². The van der Waals surface area contributed by atoms with Crippen LogP contribution in [0.25, 0.3) is 11.3 Å². The summed E-state index contributed by atoms with van der Waals surface area (Å²) >= 11 is 0. The number of ether oxygens (including phenoxy) is 1. The van der Waals surface area contributed by atoms with Crippen LogP contribution in [0.15, 0.2) is 30.5 Å². The largest absolute Gasteiger partial charge is 0.437 e. The molecule has 2 N–H and O–H groups in total. The number of halogens is 1. The number of aromatic nitrogens is 2. The summed E-state index contributed by atoms with van der Waals surface area (Å²) in [6, 6.07) is 5.82. The van der Waals surface area contributed by atoms with Gasteiger partial charge in [0.25, 0.3) is 5.91 Å². The van der Waals surface area contributed by atoms with Crippen molar-refractivity contribution < 1.29 is 18.7 Å². The summed E-state index contributed by atoms with van der Waals surface area (Å²) in [5.74, 6) is -0.548. The molecule has 2 amide bonds. The monoisotopic (exact) mass is 316 g/mol. The van der Waals surface area contributed by atoms with E-state index in [1.54, 1.807) is 17.0 Å². The summed E-state index contributed by atoms with van der Waals surface area (Å²) in [5, 5.41) is 9.29. The van der Waals surface area contributed by atoms with Crippen molar-refractivity contribution in [1.29, 1.82) is 0 Å². The van der Waals surface area contributed by atoms with Gasteiger partial charge in [0.05, 0.1) is 37.1 Å². The Labute approximate surface area is 130 Å². The van der Waals surface area contributed by atoms with E-state index in [4.69, 9.17) is 4.74 Å². The summed E-state index contributed by atoms with van der Waals surface area (Å²) in [6.07, 6.45) is 0.998. The van der Waals surface area contributed by atoms with Gasteiger partial charge in [-0.25, -0.2) is 9.18 Å². The highest BCUT2D eigenvalue weighted by Gasteiger charge is 2.52. The lowest BCUT2D eigenvalue weighted by Gasteiger charge is -2.45. The Morgan fingerprint density at radius 2 is 2.04 bits per heavy atom. The normalized spacial score (nSPS) is 18.5. The van der Waals surface area contributed by atoms with Crippen LogP contribution in [0.1, 0.15) is 10.4 Å². The van der Waals surface area contributed by atoms with E-state index in [9.17, 15) is 14.0 Å². The van der Waals surface area contributed by atoms with Crippen LogP contribution >= 0.6 is 0 Å². The molecule has 0 unspecified atom stereocenters. The van der Waals surface area contributed by atoms with Crippen LogP contribution < -0.4 is 5.32 Å². The number of nitrogens with one attached hydrogen (secondary N) is 2. The molecule has 1 aromatic carbocycles. The average molecular weight is 316 g/mol. The molecule has 8 heteroatoms. The second kappa shape index (κ2) is 4.80. The fourth-order valence-corrected chi connectivity index (χ4v) is 2.93. The Hall–Kier alpha value is -2.90. The first-order valence-corrected chi connectivity index (χ1v) is 7.12. The highest BCUT2D eigenvalue weighted by atomic mass is 19.1. The Bertz CT molecular complexity index is 780. The molecule has 2 saturated heterocycles. The Kier molecular flexibility index (Phi) is 2.87. The lowest BCUT2D eigenvalue weighted by Crippen LogP contribution is -2.65. The predicted molar refractivity (Wildman–Crippen MR) is 77.1 cm³/mol. The maximum atomic E-state index is 13.0. The van der Waals surface area contributed by atoms with Crippen LogP contribution in [0.5, 0.6) is 0 Å². The van der Waals surface area contributed by atoms with E-state index in [-0.39, 0.29) is 11.7 Å². The number of H-pyrrole nitrogens is 1. The van der Waals surface area contributed by atoms with Crippen LogP contribution in [0.4, 0.5) is 9.18 Å². The molecular formula is C15H13FN4O3. The van der Waals surface area contributed by atoms with Gasteiger partial charge in [0, 0.05) is 5.56 Å². The summed E-state index contributed by atoms with van der Waals surface area (Å²) in [4.78, 5) is 25.3. The summed E-state index contributed by atoms with van der Waals surface area (Å²) < 4.78 is 18.2. The molecule has 118 valence electrons. The number of hydrogen-bond acceptors (Lipinski definition) is 4. The maximum Gasteiger partial charge on any atom is 0.408 e. The maximum absolute atomic E-state index is 13.0. The Morgan fingerprint density at radius 3 is 2.70 bits per heavy atom. The fraction of sp³-hybridized carbons (Fsp3) is 0.267. The second-order valence-electron chi connectivity index (χ2n) is 5.75. The van der Waals surface area contributed by atoms with E-state index in [0.717, 1.165) is 0 Å². The number of nitrogens with zero attached hydrogens (tertiary/aromatic N) is 2. The quantitative estimate of drug-likeness (QED) is 0.870. The number of benzene rings is 1. The predicted octanol–water partition coefficient (Wildman–Crippen LogP) is 1.15. The number of alkyl carbamates (subject to hydrolysis) is 1. The van der Waals surface area contributed by atoms with Gasteiger partial charge >= 0.3 is 6.09 Å². The molecular weight excluding hydrogens is 303 g/mol. The van der Waals surface area contributed by atoms with Gasteiger partial charge in [-0.1, -0.05) is 0 Å². The molecule has 0 bridgehead atoms. The van der Waals surface area contributed by atoms with Crippen molar-refractivity contribution in [1.82, 2.24) is 20.4 Å². The van der Waals surface area contributed by atoms with Gasteiger partial charge in [-0.2, -0.15) is 5.10 Å². The van der Waals surface area contributed by atoms with Crippen LogP contribution in [0.2, 0.25) is 0 Å². The third-order valence-electron chi connectivity index (χ3n) is 4.11. The number of rotatable bonds is 2. The van der Waals surface area contributed by atoms with Gasteiger partial charge in [0.15, 0.2) is 5.60 Å². The third kappa shape index (κ3) is 2.23. The van der Waals surface area contributed by atoms with Gasteiger partial charge in [-0.15, -0.1) is 0 Å². The number of amides is 2. The van der Waals surface area contributed by atoms with Crippen LogP contribution in [-0.2, 0) is 4.74 Å². The van der Waals surface area contributed by atoms with Crippen molar-refractivity contribution in [2.24, 2.45) is 0 Å². The first-order chi connectivity index (χ1) is 11.1. The molecule has 23 heavy (non-hydrogen) atoms. The van der Waals surface area contributed by atoms with Crippen molar-refractivity contribution in [3.63, 3.8) is 0 Å². The zero-order chi connectivity index (χ0) is 16.0. The van der Waals surface area contributed by atoms with Gasteiger partial charge in [0.1, 0.15) is 5.82 Å². The minimum absolute atomic E-state index is 0.202. The SMILES string of the molecule is O=C1NCC2(CN(C(=O)c3cn[nH]c3-c3ccc(F)cc3)C2)O1. The topological polar surface area (TPSA) is 87.3 Å². The highest BCUT2D eigenvalue weighted by Crippen LogP contribution is 2.31. The van der Waals surface area contributed by atoms with Crippen LogP contribution in [-0.4, -0.2) is 52.3 Å². The molecule has 3 heterocycles. The minimum atomic E-state index is -0.605. The summed E-state index contributed by atoms with van der Waals surface area (Å²) in [7, 11) is 0. The molecule has 0 atom stereocenters. The fourth-order valence-electron chi connectivity index (χ4n) is 2.93. The number of hydrogen-bond donors (Lipinski definition) is 2. The Morgan fingerprint density at radius 1 is 1.30 bits per heavy atom. The van der Waals surface area contributed by atoms with Crippen molar-refractivity contribution in [2.45, 2.75) is 5.60 Å². The standard InChI is InChI=1S/C15H13FN4O3/c16-10-3-1-9(2-4-10)12-11(5-18-19-12)13(21)20-7-15(8-20)6-17-14(22)23-15/h1-5H,6-8H2,(H,17,22)(H,18,19). The lowest BCUT2D eigenvalue weighted by atomic mass is 9.93. The van der Waals surface area contributed by atoms with Crippen molar-refractivity contribution >= 4 is 12.0 Å².